The lowest BCUT2D eigenvalue weighted by Gasteiger charge is -2.35. The van der Waals surface area contributed by atoms with Crippen LogP contribution in [0.15, 0.2) is 42.5 Å². The van der Waals surface area contributed by atoms with Crippen molar-refractivity contribution < 1.29 is 19.0 Å². The topological polar surface area (TPSA) is 60.0 Å². The predicted octanol–water partition coefficient (Wildman–Crippen LogP) is 3.70. The summed E-state index contributed by atoms with van der Waals surface area (Å²) < 4.78 is 16.1. The van der Waals surface area contributed by atoms with Crippen LogP contribution in [0.25, 0.3) is 0 Å². The first-order valence-corrected chi connectivity index (χ1v) is 10.8. The normalized spacial score (nSPS) is 16.8. The number of likely N-dealkylation sites (tertiary alicyclic amines) is 1. The van der Waals surface area contributed by atoms with Crippen LogP contribution >= 0.6 is 0 Å². The molecule has 0 aromatic heterocycles. The molecule has 0 aliphatic carbocycles. The Bertz CT molecular complexity index is 847. The molecule has 0 bridgehead atoms. The van der Waals surface area contributed by atoms with Gasteiger partial charge >= 0.3 is 0 Å². The number of nitrogens with zero attached hydrogens (tertiary/aromatic N) is 1. The maximum atomic E-state index is 12.6. The van der Waals surface area contributed by atoms with Crippen LogP contribution in [0.3, 0.4) is 0 Å². The molecule has 1 fully saturated rings. The number of fused-ring (bicyclic) bond motifs is 1. The molecule has 1 unspecified atom stereocenters. The lowest BCUT2D eigenvalue weighted by atomic mass is 10.0. The molecule has 0 radical (unpaired) electrons. The molecule has 6 nitrogen and oxygen atoms in total. The number of aryl methyl sites for hydroxylation is 1. The zero-order valence-electron chi connectivity index (χ0n) is 17.6. The maximum Gasteiger partial charge on any atom is 0.231 e. The van der Waals surface area contributed by atoms with Crippen LogP contribution in [0, 0.1) is 0 Å². The number of rotatable bonds is 8. The maximum absolute atomic E-state index is 12.6. The first-order chi connectivity index (χ1) is 14.7. The van der Waals surface area contributed by atoms with E-state index in [4.69, 9.17) is 14.2 Å². The van der Waals surface area contributed by atoms with Crippen molar-refractivity contribution in [1.29, 1.82) is 0 Å². The van der Waals surface area contributed by atoms with Crippen LogP contribution in [0.5, 0.6) is 17.2 Å². The second-order valence-electron chi connectivity index (χ2n) is 7.88. The van der Waals surface area contributed by atoms with E-state index in [1.165, 1.54) is 24.8 Å². The first-order valence-electron chi connectivity index (χ1n) is 10.8. The average molecular weight is 411 g/mol. The van der Waals surface area contributed by atoms with Gasteiger partial charge in [-0.3, -0.25) is 9.69 Å². The summed E-state index contributed by atoms with van der Waals surface area (Å²) in [6.45, 7) is 3.03. The Hall–Kier alpha value is -2.73. The van der Waals surface area contributed by atoms with E-state index in [1.54, 1.807) is 7.11 Å². The fourth-order valence-electron chi connectivity index (χ4n) is 4.17. The standard InChI is InChI=1S/C24H30N2O4/c1-28-20-9-7-19(8-10-20)21(26-13-3-2-4-14-26)16-25-24(27)12-6-18-5-11-22-23(15-18)30-17-29-22/h5,7-11,15,21H,2-4,6,12-14,16-17H2,1H3,(H,25,27). The minimum absolute atomic E-state index is 0.0724. The third kappa shape index (κ3) is 5.05. The third-order valence-corrected chi connectivity index (χ3v) is 5.90. The number of benzene rings is 2. The van der Waals surface area contributed by atoms with Crippen LogP contribution in [-0.4, -0.2) is 44.3 Å². The van der Waals surface area contributed by atoms with Gasteiger partial charge in [0, 0.05) is 13.0 Å². The molecule has 2 aromatic rings. The van der Waals surface area contributed by atoms with Gasteiger partial charge in [-0.05, 0) is 67.7 Å². The van der Waals surface area contributed by atoms with Gasteiger partial charge in [0.15, 0.2) is 11.5 Å². The highest BCUT2D eigenvalue weighted by atomic mass is 16.7. The molecule has 160 valence electrons. The first kappa shape index (κ1) is 20.5. The fourth-order valence-corrected chi connectivity index (χ4v) is 4.17. The molecule has 6 heteroatoms. The zero-order valence-corrected chi connectivity index (χ0v) is 17.6. The van der Waals surface area contributed by atoms with E-state index < -0.39 is 0 Å². The highest BCUT2D eigenvalue weighted by molar-refractivity contribution is 5.76. The lowest BCUT2D eigenvalue weighted by molar-refractivity contribution is -0.121. The number of nitrogens with one attached hydrogen (secondary N) is 1. The van der Waals surface area contributed by atoms with Crippen LogP contribution in [0.4, 0.5) is 0 Å². The number of amides is 1. The second kappa shape index (κ2) is 9.85. The molecule has 1 saturated heterocycles. The monoisotopic (exact) mass is 410 g/mol. The quantitative estimate of drug-likeness (QED) is 0.719. The summed E-state index contributed by atoms with van der Waals surface area (Å²) in [7, 11) is 1.68. The molecule has 30 heavy (non-hydrogen) atoms. The van der Waals surface area contributed by atoms with Gasteiger partial charge in [0.1, 0.15) is 5.75 Å². The minimum atomic E-state index is 0.0724. The molecule has 2 heterocycles. The SMILES string of the molecule is COc1ccc(C(CNC(=O)CCc2ccc3c(c2)OCO3)N2CCCCC2)cc1. The van der Waals surface area contributed by atoms with Crippen molar-refractivity contribution in [3.8, 4) is 17.2 Å². The Morgan fingerprint density at radius 3 is 2.60 bits per heavy atom. The Balaban J connectivity index is 1.34. The number of ether oxygens (including phenoxy) is 3. The van der Waals surface area contributed by atoms with Crippen molar-refractivity contribution in [2.45, 2.75) is 38.1 Å². The van der Waals surface area contributed by atoms with Crippen molar-refractivity contribution in [1.82, 2.24) is 10.2 Å². The van der Waals surface area contributed by atoms with Crippen molar-refractivity contribution in [2.24, 2.45) is 0 Å². The van der Waals surface area contributed by atoms with Crippen molar-refractivity contribution in [2.75, 3.05) is 33.5 Å². The molecule has 1 atom stereocenters. The molecule has 2 aliphatic rings. The number of hydrogen-bond donors (Lipinski definition) is 1. The molecule has 1 N–H and O–H groups in total. The van der Waals surface area contributed by atoms with Crippen LogP contribution in [0.1, 0.15) is 42.9 Å². The summed E-state index contributed by atoms with van der Waals surface area (Å²) >= 11 is 0. The molecule has 2 aromatic carbocycles. The molecule has 4 rings (SSSR count). The van der Waals surface area contributed by atoms with Gasteiger partial charge in [0.05, 0.1) is 13.2 Å². The van der Waals surface area contributed by atoms with Crippen molar-refractivity contribution in [3.05, 3.63) is 53.6 Å². The van der Waals surface area contributed by atoms with Crippen LogP contribution in [-0.2, 0) is 11.2 Å². The van der Waals surface area contributed by atoms with Crippen LogP contribution in [0.2, 0.25) is 0 Å². The Morgan fingerprint density at radius 2 is 1.83 bits per heavy atom. The van der Waals surface area contributed by atoms with E-state index in [9.17, 15) is 4.79 Å². The molecule has 0 spiro atoms. The predicted molar refractivity (Wildman–Crippen MR) is 115 cm³/mol. The van der Waals surface area contributed by atoms with E-state index >= 15 is 0 Å². The summed E-state index contributed by atoms with van der Waals surface area (Å²) in [6, 6.07) is 14.3. The van der Waals surface area contributed by atoms with Gasteiger partial charge in [-0.1, -0.05) is 24.6 Å². The number of carbonyl (C=O) groups excluding carboxylic acids is 1. The summed E-state index contributed by atoms with van der Waals surface area (Å²) in [4.78, 5) is 15.1. The Kier molecular flexibility index (Phi) is 6.74. The average Bonchev–Trinajstić information content (AvgIpc) is 3.27. The smallest absolute Gasteiger partial charge is 0.231 e. The van der Waals surface area contributed by atoms with Gasteiger partial charge in [0.2, 0.25) is 12.7 Å². The molecule has 0 saturated carbocycles. The number of carbonyl (C=O) groups is 1. The second-order valence-corrected chi connectivity index (χ2v) is 7.88. The Labute approximate surface area is 178 Å². The van der Waals surface area contributed by atoms with E-state index in [-0.39, 0.29) is 18.7 Å². The van der Waals surface area contributed by atoms with Gasteiger partial charge in [-0.15, -0.1) is 0 Å². The molecular weight excluding hydrogens is 380 g/mol. The Morgan fingerprint density at radius 1 is 1.07 bits per heavy atom. The van der Waals surface area contributed by atoms with E-state index in [0.29, 0.717) is 19.4 Å². The lowest BCUT2D eigenvalue weighted by Crippen LogP contribution is -2.40. The molecule has 1 amide bonds. The van der Waals surface area contributed by atoms with Gasteiger partial charge in [0.25, 0.3) is 0 Å². The third-order valence-electron chi connectivity index (χ3n) is 5.90. The number of methoxy groups -OCH3 is 1. The highest BCUT2D eigenvalue weighted by Gasteiger charge is 2.23. The summed E-state index contributed by atoms with van der Waals surface area (Å²) in [5, 5.41) is 3.16. The summed E-state index contributed by atoms with van der Waals surface area (Å²) in [6.07, 6.45) is 4.84. The van der Waals surface area contributed by atoms with E-state index in [2.05, 4.69) is 22.3 Å². The molecular formula is C24H30N2O4. The summed E-state index contributed by atoms with van der Waals surface area (Å²) in [5.41, 5.74) is 2.30. The van der Waals surface area contributed by atoms with Gasteiger partial charge in [-0.25, -0.2) is 0 Å². The van der Waals surface area contributed by atoms with Gasteiger partial charge < -0.3 is 19.5 Å². The minimum Gasteiger partial charge on any atom is -0.497 e. The number of piperidine rings is 1. The zero-order chi connectivity index (χ0) is 20.8. The summed E-state index contributed by atoms with van der Waals surface area (Å²) in [5.74, 6) is 2.46. The van der Waals surface area contributed by atoms with Crippen molar-refractivity contribution >= 4 is 5.91 Å². The van der Waals surface area contributed by atoms with E-state index in [0.717, 1.165) is 35.9 Å². The van der Waals surface area contributed by atoms with Gasteiger partial charge in [-0.2, -0.15) is 0 Å². The largest absolute Gasteiger partial charge is 0.497 e. The molecule has 2 aliphatic heterocycles. The highest BCUT2D eigenvalue weighted by Crippen LogP contribution is 2.32. The number of hydrogen-bond acceptors (Lipinski definition) is 5. The van der Waals surface area contributed by atoms with Crippen LogP contribution < -0.4 is 19.5 Å². The van der Waals surface area contributed by atoms with E-state index in [1.807, 2.05) is 30.3 Å². The fraction of sp³-hybridized carbons (Fsp3) is 0.458. The van der Waals surface area contributed by atoms with Crippen molar-refractivity contribution in [3.63, 3.8) is 0 Å².